The maximum absolute atomic E-state index is 12.8. The zero-order valence-corrected chi connectivity index (χ0v) is 18.1. The van der Waals surface area contributed by atoms with E-state index in [-0.39, 0.29) is 22.8 Å². The van der Waals surface area contributed by atoms with Gasteiger partial charge in [-0.1, -0.05) is 25.8 Å². The highest BCUT2D eigenvalue weighted by Crippen LogP contribution is 2.26. The van der Waals surface area contributed by atoms with E-state index in [1.165, 1.54) is 36.4 Å². The molecule has 0 aliphatic heterocycles. The molecule has 0 aliphatic rings. The molecular formula is C21H29N3O5S. The molecule has 8 nitrogen and oxygen atoms in total. The predicted octanol–water partition coefficient (Wildman–Crippen LogP) is 2.93. The molecular weight excluding hydrogens is 406 g/mol. The zero-order chi connectivity index (χ0) is 22.0. The molecule has 164 valence electrons. The molecule has 2 aromatic rings. The van der Waals surface area contributed by atoms with Gasteiger partial charge in [0.05, 0.1) is 12.0 Å². The van der Waals surface area contributed by atoms with E-state index >= 15 is 0 Å². The molecule has 0 saturated heterocycles. The van der Waals surface area contributed by atoms with Gasteiger partial charge in [-0.2, -0.15) is 0 Å². The number of carbonyl (C=O) groups excluding carboxylic acids is 1. The van der Waals surface area contributed by atoms with Crippen LogP contribution in [0.15, 0.2) is 47.6 Å². The van der Waals surface area contributed by atoms with Crippen molar-refractivity contribution in [2.75, 3.05) is 13.7 Å². The molecule has 1 amide bonds. The van der Waals surface area contributed by atoms with Crippen molar-refractivity contribution in [3.05, 3.63) is 53.9 Å². The predicted molar refractivity (Wildman–Crippen MR) is 113 cm³/mol. The number of nitrogens with zero attached hydrogens (tertiary/aromatic N) is 1. The summed E-state index contributed by atoms with van der Waals surface area (Å²) >= 11 is 0. The van der Waals surface area contributed by atoms with Crippen LogP contribution in [0, 0.1) is 5.92 Å². The molecule has 0 radical (unpaired) electrons. The largest absolute Gasteiger partial charge is 0.496 e. The number of aryl methyl sites for hydroxylation is 1. The van der Waals surface area contributed by atoms with E-state index in [1.807, 2.05) is 12.1 Å². The maximum Gasteiger partial charge on any atom is 0.279 e. The van der Waals surface area contributed by atoms with Gasteiger partial charge in [-0.3, -0.25) is 15.0 Å². The Bertz CT molecular complexity index is 919. The molecule has 0 aliphatic carbocycles. The summed E-state index contributed by atoms with van der Waals surface area (Å²) < 4.78 is 33.3. The van der Waals surface area contributed by atoms with E-state index in [1.54, 1.807) is 12.4 Å². The molecule has 0 spiro atoms. The zero-order valence-electron chi connectivity index (χ0n) is 17.3. The van der Waals surface area contributed by atoms with E-state index < -0.39 is 15.9 Å². The first-order chi connectivity index (χ1) is 14.4. The van der Waals surface area contributed by atoms with Crippen molar-refractivity contribution in [1.82, 2.24) is 15.2 Å². The van der Waals surface area contributed by atoms with Gasteiger partial charge in [0.1, 0.15) is 11.3 Å². The first-order valence-electron chi connectivity index (χ1n) is 9.93. The lowest BCUT2D eigenvalue weighted by Crippen LogP contribution is -2.30. The van der Waals surface area contributed by atoms with Gasteiger partial charge in [0.25, 0.3) is 5.91 Å². The standard InChI is InChI=1S/C21H29N3O5S/c1-3-5-16(8-9-17-10-13-22-14-11-17)12-15-23-30(27,28)19-7-4-6-18(29-2)20(19)21(25)24-26/h4,6-7,10-11,13-14,16,23,26H,3,5,8-9,12,15H2,1-2H3,(H,24,25). The summed E-state index contributed by atoms with van der Waals surface area (Å²) in [4.78, 5) is 15.8. The minimum atomic E-state index is -3.97. The minimum Gasteiger partial charge on any atom is -0.496 e. The van der Waals surface area contributed by atoms with E-state index in [9.17, 15) is 13.2 Å². The number of nitrogens with one attached hydrogen (secondary N) is 2. The fraction of sp³-hybridized carbons (Fsp3) is 0.429. The molecule has 30 heavy (non-hydrogen) atoms. The molecule has 1 heterocycles. The summed E-state index contributed by atoms with van der Waals surface area (Å²) in [7, 11) is -2.64. The summed E-state index contributed by atoms with van der Waals surface area (Å²) in [6.07, 6.45) is 8.12. The number of ether oxygens (including phenoxy) is 1. The molecule has 2 rings (SSSR count). The van der Waals surface area contributed by atoms with Crippen molar-refractivity contribution in [1.29, 1.82) is 0 Å². The number of rotatable bonds is 12. The van der Waals surface area contributed by atoms with Crippen LogP contribution >= 0.6 is 0 Å². The van der Waals surface area contributed by atoms with E-state index in [0.29, 0.717) is 12.3 Å². The van der Waals surface area contributed by atoms with Crippen molar-refractivity contribution >= 4 is 15.9 Å². The van der Waals surface area contributed by atoms with Gasteiger partial charge in [-0.25, -0.2) is 18.6 Å². The second kappa shape index (κ2) is 11.6. The van der Waals surface area contributed by atoms with Gasteiger partial charge in [-0.15, -0.1) is 0 Å². The second-order valence-electron chi connectivity index (χ2n) is 7.01. The lowest BCUT2D eigenvalue weighted by atomic mass is 9.93. The van der Waals surface area contributed by atoms with E-state index in [0.717, 1.165) is 25.7 Å². The highest BCUT2D eigenvalue weighted by Gasteiger charge is 2.26. The van der Waals surface area contributed by atoms with Gasteiger partial charge in [0.15, 0.2) is 0 Å². The number of aromatic nitrogens is 1. The molecule has 1 atom stereocenters. The Morgan fingerprint density at radius 1 is 1.17 bits per heavy atom. The lowest BCUT2D eigenvalue weighted by Gasteiger charge is -2.17. The third kappa shape index (κ3) is 6.51. The smallest absolute Gasteiger partial charge is 0.279 e. The number of hydrogen-bond donors (Lipinski definition) is 3. The molecule has 0 fully saturated rings. The molecule has 1 unspecified atom stereocenters. The third-order valence-electron chi connectivity index (χ3n) is 4.96. The Kier molecular flexibility index (Phi) is 9.22. The Morgan fingerprint density at radius 2 is 1.90 bits per heavy atom. The first-order valence-corrected chi connectivity index (χ1v) is 11.4. The summed E-state index contributed by atoms with van der Waals surface area (Å²) in [6, 6.07) is 8.23. The Morgan fingerprint density at radius 3 is 2.53 bits per heavy atom. The van der Waals surface area contributed by atoms with Crippen LogP contribution in [0.2, 0.25) is 0 Å². The summed E-state index contributed by atoms with van der Waals surface area (Å²) in [5.41, 5.74) is 2.45. The van der Waals surface area contributed by atoms with Crippen molar-refractivity contribution in [2.45, 2.75) is 43.9 Å². The number of hydrogen-bond acceptors (Lipinski definition) is 6. The fourth-order valence-corrected chi connectivity index (χ4v) is 4.68. The second-order valence-corrected chi connectivity index (χ2v) is 8.74. The quantitative estimate of drug-likeness (QED) is 0.349. The summed E-state index contributed by atoms with van der Waals surface area (Å²) in [6.45, 7) is 2.36. The average Bonchev–Trinajstić information content (AvgIpc) is 2.76. The summed E-state index contributed by atoms with van der Waals surface area (Å²) in [5.74, 6) is -0.518. The SMILES string of the molecule is CCCC(CCNS(=O)(=O)c1cccc(OC)c1C(=O)NO)CCc1ccncc1. The number of carbonyl (C=O) groups is 1. The van der Waals surface area contributed by atoms with Crippen LogP contribution in [0.3, 0.4) is 0 Å². The number of amides is 1. The Labute approximate surface area is 177 Å². The molecule has 0 bridgehead atoms. The fourth-order valence-electron chi connectivity index (χ4n) is 3.42. The van der Waals surface area contributed by atoms with Gasteiger partial charge in [0, 0.05) is 18.9 Å². The molecule has 1 aromatic heterocycles. The van der Waals surface area contributed by atoms with Crippen LogP contribution in [0.25, 0.3) is 0 Å². The average molecular weight is 436 g/mol. The minimum absolute atomic E-state index is 0.0608. The van der Waals surface area contributed by atoms with E-state index in [2.05, 4.69) is 16.6 Å². The normalized spacial score (nSPS) is 12.4. The van der Waals surface area contributed by atoms with Gasteiger partial charge < -0.3 is 4.74 Å². The molecule has 1 aromatic carbocycles. The molecule has 3 N–H and O–H groups in total. The van der Waals surface area contributed by atoms with Gasteiger partial charge in [0.2, 0.25) is 10.0 Å². The lowest BCUT2D eigenvalue weighted by molar-refractivity contribution is 0.0699. The van der Waals surface area contributed by atoms with Crippen LogP contribution in [-0.4, -0.2) is 38.2 Å². The topological polar surface area (TPSA) is 118 Å². The van der Waals surface area contributed by atoms with Crippen LogP contribution in [0.4, 0.5) is 0 Å². The third-order valence-corrected chi connectivity index (χ3v) is 6.46. The van der Waals surface area contributed by atoms with Crippen molar-refractivity contribution in [3.8, 4) is 5.75 Å². The van der Waals surface area contributed by atoms with E-state index in [4.69, 9.17) is 9.94 Å². The van der Waals surface area contributed by atoms with Crippen molar-refractivity contribution in [3.63, 3.8) is 0 Å². The van der Waals surface area contributed by atoms with Crippen LogP contribution < -0.4 is 14.9 Å². The number of hydroxylamine groups is 1. The number of benzene rings is 1. The number of pyridine rings is 1. The number of sulfonamides is 1. The Balaban J connectivity index is 2.05. The van der Waals surface area contributed by atoms with Crippen LogP contribution in [-0.2, 0) is 16.4 Å². The van der Waals surface area contributed by atoms with Crippen LogP contribution in [0.5, 0.6) is 5.75 Å². The van der Waals surface area contributed by atoms with Crippen molar-refractivity contribution < 1.29 is 23.2 Å². The van der Waals surface area contributed by atoms with Crippen LogP contribution in [0.1, 0.15) is 48.5 Å². The first kappa shape index (κ1) is 23.8. The summed E-state index contributed by atoms with van der Waals surface area (Å²) in [5, 5.41) is 8.99. The maximum atomic E-state index is 12.8. The highest BCUT2D eigenvalue weighted by molar-refractivity contribution is 7.89. The van der Waals surface area contributed by atoms with Gasteiger partial charge >= 0.3 is 0 Å². The van der Waals surface area contributed by atoms with Crippen molar-refractivity contribution in [2.24, 2.45) is 5.92 Å². The van der Waals surface area contributed by atoms with Gasteiger partial charge in [-0.05, 0) is 55.0 Å². The molecule has 9 heteroatoms. The number of methoxy groups -OCH3 is 1. The monoisotopic (exact) mass is 435 g/mol. The Hall–Kier alpha value is -2.49. The molecule has 0 saturated carbocycles. The highest BCUT2D eigenvalue weighted by atomic mass is 32.2.